The van der Waals surface area contributed by atoms with Gasteiger partial charge in [-0.05, 0) is 62.1 Å². The fourth-order valence-electron chi connectivity index (χ4n) is 5.41. The van der Waals surface area contributed by atoms with Crippen LogP contribution in [0.15, 0.2) is 42.5 Å². The monoisotopic (exact) mass is 704 g/mol. The summed E-state index contributed by atoms with van der Waals surface area (Å²) in [5.41, 5.74) is -1.09. The molecule has 15 heteroatoms. The molecule has 3 atom stereocenters. The maximum atomic E-state index is 14.2. The zero-order valence-corrected chi connectivity index (χ0v) is 27.9. The van der Waals surface area contributed by atoms with Crippen LogP contribution in [0.5, 0.6) is 0 Å². The van der Waals surface area contributed by atoms with Gasteiger partial charge in [0.1, 0.15) is 11.9 Å². The van der Waals surface area contributed by atoms with Crippen molar-refractivity contribution in [2.45, 2.75) is 76.4 Å². The quantitative estimate of drug-likeness (QED) is 0.245. The van der Waals surface area contributed by atoms with Gasteiger partial charge in [0.05, 0.1) is 6.04 Å². The fraction of sp³-hybridized carbons (Fsp3) is 0.500. The zero-order chi connectivity index (χ0) is 35.1. The first kappa shape index (κ1) is 38.0. The molecule has 1 saturated heterocycles. The summed E-state index contributed by atoms with van der Waals surface area (Å²) in [4.78, 5) is 55.5. The minimum atomic E-state index is -5.33. The average Bonchev–Trinajstić information content (AvgIpc) is 3.00. The standard InChI is InChI=1S/C32H38Cl2F4N4O5/c1-5-6-23-18-41(26(27(43)39-4)16-20-9-10-21(33)17-24(20)34)13-14-42(23)28(44)25(15-19-7-11-22(35)12-8-19)40-29(45)31(2,3)47-30(46)32(36,37)38/h7-12,17,23,25-26H,5-6,13-16,18H2,1-4H3,(H,39,43)(H,40,45). The summed E-state index contributed by atoms with van der Waals surface area (Å²) in [6, 6.07) is 7.90. The van der Waals surface area contributed by atoms with E-state index in [-0.39, 0.29) is 31.8 Å². The third-order valence-corrected chi connectivity index (χ3v) is 8.51. The van der Waals surface area contributed by atoms with E-state index in [1.165, 1.54) is 31.3 Å². The number of alkyl halides is 3. The maximum absolute atomic E-state index is 14.2. The van der Waals surface area contributed by atoms with Gasteiger partial charge in [-0.3, -0.25) is 19.3 Å². The van der Waals surface area contributed by atoms with Crippen molar-refractivity contribution in [3.05, 3.63) is 69.5 Å². The highest BCUT2D eigenvalue weighted by atomic mass is 35.5. The van der Waals surface area contributed by atoms with Gasteiger partial charge in [-0.1, -0.05) is 54.7 Å². The maximum Gasteiger partial charge on any atom is 0.490 e. The van der Waals surface area contributed by atoms with Gasteiger partial charge in [0.15, 0.2) is 5.60 Å². The van der Waals surface area contributed by atoms with Crippen LogP contribution in [0.1, 0.15) is 44.7 Å². The smallest absolute Gasteiger partial charge is 0.443 e. The van der Waals surface area contributed by atoms with Crippen LogP contribution >= 0.6 is 23.2 Å². The molecule has 2 aromatic rings. The van der Waals surface area contributed by atoms with Crippen molar-refractivity contribution in [2.24, 2.45) is 0 Å². The molecule has 0 bridgehead atoms. The molecule has 1 heterocycles. The Hall–Kier alpha value is -3.42. The van der Waals surface area contributed by atoms with Crippen molar-refractivity contribution >= 4 is 46.9 Å². The van der Waals surface area contributed by atoms with Gasteiger partial charge in [-0.2, -0.15) is 13.2 Å². The number of ether oxygens (including phenoxy) is 1. The second kappa shape index (κ2) is 16.1. The summed E-state index contributed by atoms with van der Waals surface area (Å²) in [5.74, 6) is -4.98. The highest BCUT2D eigenvalue weighted by Crippen LogP contribution is 2.26. The van der Waals surface area contributed by atoms with Crippen LogP contribution in [0.3, 0.4) is 0 Å². The summed E-state index contributed by atoms with van der Waals surface area (Å²) >= 11 is 12.5. The van der Waals surface area contributed by atoms with Gasteiger partial charge in [0, 0.05) is 49.2 Å². The van der Waals surface area contributed by atoms with Crippen molar-refractivity contribution in [3.8, 4) is 0 Å². The fourth-order valence-corrected chi connectivity index (χ4v) is 5.89. The number of hydrogen-bond donors (Lipinski definition) is 2. The first-order chi connectivity index (χ1) is 22.0. The molecule has 0 saturated carbocycles. The van der Waals surface area contributed by atoms with Crippen molar-refractivity contribution < 1.29 is 41.5 Å². The number of rotatable bonds is 12. The second-order valence-electron chi connectivity index (χ2n) is 11.8. The van der Waals surface area contributed by atoms with E-state index in [2.05, 4.69) is 15.4 Å². The highest BCUT2D eigenvalue weighted by molar-refractivity contribution is 6.35. The Labute approximate surface area is 280 Å². The van der Waals surface area contributed by atoms with E-state index in [0.717, 1.165) is 13.8 Å². The normalized spacial score (nSPS) is 17.1. The summed E-state index contributed by atoms with van der Waals surface area (Å²) < 4.78 is 56.7. The number of esters is 1. The number of nitrogens with zero attached hydrogens (tertiary/aromatic N) is 2. The summed E-state index contributed by atoms with van der Waals surface area (Å²) in [5, 5.41) is 6.03. The molecule has 0 aliphatic carbocycles. The molecule has 1 fully saturated rings. The first-order valence-corrected chi connectivity index (χ1v) is 15.8. The van der Waals surface area contributed by atoms with E-state index in [4.69, 9.17) is 23.2 Å². The molecule has 0 spiro atoms. The number of amides is 3. The minimum Gasteiger partial charge on any atom is -0.443 e. The van der Waals surface area contributed by atoms with Crippen molar-refractivity contribution in [2.75, 3.05) is 26.7 Å². The van der Waals surface area contributed by atoms with E-state index in [9.17, 15) is 36.7 Å². The molecule has 47 heavy (non-hydrogen) atoms. The lowest BCUT2D eigenvalue weighted by Crippen LogP contribution is -2.63. The Morgan fingerprint density at radius 1 is 1.02 bits per heavy atom. The van der Waals surface area contributed by atoms with Gasteiger partial charge in [-0.25, -0.2) is 9.18 Å². The molecule has 2 N–H and O–H groups in total. The third kappa shape index (κ3) is 10.3. The first-order valence-electron chi connectivity index (χ1n) is 15.0. The van der Waals surface area contributed by atoms with Crippen LogP contribution in [0.25, 0.3) is 0 Å². The number of carbonyl (C=O) groups is 4. The molecule has 258 valence electrons. The van der Waals surface area contributed by atoms with Crippen molar-refractivity contribution in [1.29, 1.82) is 0 Å². The largest absolute Gasteiger partial charge is 0.490 e. The molecule has 3 amide bonds. The van der Waals surface area contributed by atoms with Gasteiger partial charge >= 0.3 is 12.1 Å². The molecule has 3 unspecified atom stereocenters. The van der Waals surface area contributed by atoms with Gasteiger partial charge < -0.3 is 20.3 Å². The Balaban J connectivity index is 1.88. The second-order valence-corrected chi connectivity index (χ2v) is 12.6. The van der Waals surface area contributed by atoms with E-state index < -0.39 is 53.5 Å². The minimum absolute atomic E-state index is 0.122. The molecular weight excluding hydrogens is 667 g/mol. The van der Waals surface area contributed by atoms with Gasteiger partial charge in [-0.15, -0.1) is 0 Å². The van der Waals surface area contributed by atoms with E-state index in [0.29, 0.717) is 40.6 Å². The topological polar surface area (TPSA) is 108 Å². The molecule has 3 rings (SSSR count). The van der Waals surface area contributed by atoms with Crippen LogP contribution in [0.4, 0.5) is 17.6 Å². The van der Waals surface area contributed by atoms with E-state index >= 15 is 0 Å². The summed E-state index contributed by atoms with van der Waals surface area (Å²) in [7, 11) is 1.53. The SMILES string of the molecule is CCCC1CN(C(Cc2ccc(Cl)cc2Cl)C(=O)NC)CCN1C(=O)C(Cc1ccc(F)cc1)NC(=O)C(C)(C)OC(=O)C(F)(F)F. The Morgan fingerprint density at radius 2 is 1.68 bits per heavy atom. The molecular formula is C32H38Cl2F4N4O5. The van der Waals surface area contributed by atoms with Gasteiger partial charge in [0.25, 0.3) is 5.91 Å². The molecule has 0 radical (unpaired) electrons. The van der Waals surface area contributed by atoms with Crippen LogP contribution in [-0.4, -0.2) is 90.1 Å². The van der Waals surface area contributed by atoms with Crippen LogP contribution in [-0.2, 0) is 36.8 Å². The molecule has 1 aliphatic rings. The van der Waals surface area contributed by atoms with Crippen LogP contribution < -0.4 is 10.6 Å². The lowest BCUT2D eigenvalue weighted by atomic mass is 9.97. The number of likely N-dealkylation sites (N-methyl/N-ethyl adjacent to an activating group) is 1. The number of piperazine rings is 1. The van der Waals surface area contributed by atoms with Gasteiger partial charge in [0.2, 0.25) is 11.8 Å². The number of carbonyl (C=O) groups excluding carboxylic acids is 4. The Bertz CT molecular complexity index is 1440. The molecule has 0 aromatic heterocycles. The molecule has 2 aromatic carbocycles. The molecule has 9 nitrogen and oxygen atoms in total. The van der Waals surface area contributed by atoms with E-state index in [1.54, 1.807) is 23.1 Å². The summed E-state index contributed by atoms with van der Waals surface area (Å²) in [6.07, 6.45) is -3.97. The lowest BCUT2D eigenvalue weighted by molar-refractivity contribution is -0.211. The number of nitrogens with one attached hydrogen (secondary N) is 2. The van der Waals surface area contributed by atoms with Crippen LogP contribution in [0.2, 0.25) is 10.0 Å². The molecule has 1 aliphatic heterocycles. The zero-order valence-electron chi connectivity index (χ0n) is 26.4. The van der Waals surface area contributed by atoms with Crippen molar-refractivity contribution in [3.63, 3.8) is 0 Å². The average molecular weight is 706 g/mol. The highest BCUT2D eigenvalue weighted by Gasteiger charge is 2.47. The number of benzene rings is 2. The third-order valence-electron chi connectivity index (χ3n) is 7.92. The Morgan fingerprint density at radius 3 is 2.26 bits per heavy atom. The summed E-state index contributed by atoms with van der Waals surface area (Å²) in [6.45, 7) is 4.63. The Kier molecular flexibility index (Phi) is 13.0. The number of hydrogen-bond acceptors (Lipinski definition) is 6. The lowest BCUT2D eigenvalue weighted by Gasteiger charge is -2.45. The predicted octanol–water partition coefficient (Wildman–Crippen LogP) is 4.71. The van der Waals surface area contributed by atoms with E-state index in [1.807, 2.05) is 11.8 Å². The van der Waals surface area contributed by atoms with Crippen LogP contribution in [0, 0.1) is 5.82 Å². The van der Waals surface area contributed by atoms with Crippen molar-refractivity contribution in [1.82, 2.24) is 20.4 Å². The predicted molar refractivity (Wildman–Crippen MR) is 168 cm³/mol. The number of halogens is 6.